The Hall–Kier alpha value is -2.29. The van der Waals surface area contributed by atoms with Crippen molar-refractivity contribution < 1.29 is 9.53 Å². The Morgan fingerprint density at radius 1 is 1.04 bits per heavy atom. The average Bonchev–Trinajstić information content (AvgIpc) is 2.61. The van der Waals surface area contributed by atoms with Gasteiger partial charge in [0.25, 0.3) is 5.91 Å². The Kier molecular flexibility index (Phi) is 6.69. The monoisotopic (exact) mass is 367 g/mol. The molecule has 2 aromatic carbocycles. The molecule has 27 heavy (non-hydrogen) atoms. The van der Waals surface area contributed by atoms with Crippen LogP contribution in [0.25, 0.3) is 0 Å². The topological polar surface area (TPSA) is 38.3 Å². The highest BCUT2D eigenvalue weighted by atomic mass is 16.5. The van der Waals surface area contributed by atoms with Crippen molar-refractivity contribution >= 4 is 5.91 Å². The Balaban J connectivity index is 2.02. The Bertz CT molecular complexity index is 772. The van der Waals surface area contributed by atoms with E-state index in [4.69, 9.17) is 4.74 Å². The van der Waals surface area contributed by atoms with Gasteiger partial charge in [0.1, 0.15) is 5.75 Å². The van der Waals surface area contributed by atoms with Crippen molar-refractivity contribution in [3.63, 3.8) is 0 Å². The van der Waals surface area contributed by atoms with E-state index in [1.54, 1.807) is 6.92 Å². The molecule has 2 atom stereocenters. The number of carbonyl (C=O) groups excluding carboxylic acids is 1. The van der Waals surface area contributed by atoms with Crippen molar-refractivity contribution in [1.82, 2.24) is 5.32 Å². The summed E-state index contributed by atoms with van der Waals surface area (Å²) < 4.78 is 5.86. The Morgan fingerprint density at radius 2 is 1.67 bits per heavy atom. The molecule has 3 nitrogen and oxygen atoms in total. The minimum atomic E-state index is -0.550. The molecule has 0 spiro atoms. The van der Waals surface area contributed by atoms with Gasteiger partial charge in [-0.2, -0.15) is 0 Å². The fraction of sp³-hybridized carbons (Fsp3) is 0.458. The van der Waals surface area contributed by atoms with Crippen molar-refractivity contribution in [2.45, 2.75) is 72.4 Å². The molecule has 0 heterocycles. The fourth-order valence-corrected chi connectivity index (χ4v) is 2.98. The quantitative estimate of drug-likeness (QED) is 0.718. The summed E-state index contributed by atoms with van der Waals surface area (Å²) in [6, 6.07) is 14.3. The first-order valence-corrected chi connectivity index (χ1v) is 9.76. The second kappa shape index (κ2) is 8.60. The van der Waals surface area contributed by atoms with Gasteiger partial charge in [0.2, 0.25) is 0 Å². The molecule has 0 saturated carbocycles. The largest absolute Gasteiger partial charge is 0.481 e. The van der Waals surface area contributed by atoms with Crippen molar-refractivity contribution in [3.05, 3.63) is 64.7 Å². The number of hydrogen-bond donors (Lipinski definition) is 1. The van der Waals surface area contributed by atoms with Crippen LogP contribution in [0.2, 0.25) is 0 Å². The first kappa shape index (κ1) is 21.0. The lowest BCUT2D eigenvalue weighted by Crippen LogP contribution is -2.38. The van der Waals surface area contributed by atoms with E-state index in [0.717, 1.165) is 12.0 Å². The first-order chi connectivity index (χ1) is 12.6. The van der Waals surface area contributed by atoms with Gasteiger partial charge < -0.3 is 10.1 Å². The van der Waals surface area contributed by atoms with Gasteiger partial charge in [0.05, 0.1) is 6.04 Å². The van der Waals surface area contributed by atoms with Gasteiger partial charge in [0, 0.05) is 0 Å². The maximum Gasteiger partial charge on any atom is 0.261 e. The van der Waals surface area contributed by atoms with E-state index in [1.807, 2.05) is 12.1 Å². The molecule has 0 aliphatic heterocycles. The number of amides is 1. The fourth-order valence-electron chi connectivity index (χ4n) is 2.98. The van der Waals surface area contributed by atoms with E-state index in [0.29, 0.717) is 5.75 Å². The van der Waals surface area contributed by atoms with E-state index < -0.39 is 6.10 Å². The van der Waals surface area contributed by atoms with Crippen LogP contribution < -0.4 is 10.1 Å². The number of carbonyl (C=O) groups is 1. The summed E-state index contributed by atoms with van der Waals surface area (Å²) in [5, 5.41) is 3.12. The number of hydrogen-bond acceptors (Lipinski definition) is 2. The molecule has 2 aromatic rings. The minimum absolute atomic E-state index is 0.00823. The van der Waals surface area contributed by atoms with E-state index in [2.05, 4.69) is 77.2 Å². The van der Waals surface area contributed by atoms with E-state index in [-0.39, 0.29) is 17.4 Å². The van der Waals surface area contributed by atoms with Gasteiger partial charge in [-0.1, -0.05) is 58.0 Å². The molecule has 1 amide bonds. The van der Waals surface area contributed by atoms with Crippen LogP contribution in [-0.4, -0.2) is 12.0 Å². The lowest BCUT2D eigenvalue weighted by Gasteiger charge is -2.22. The zero-order chi connectivity index (χ0) is 20.2. The molecule has 0 radical (unpaired) electrons. The molecule has 0 aromatic heterocycles. The maximum absolute atomic E-state index is 12.6. The van der Waals surface area contributed by atoms with Crippen LogP contribution >= 0.6 is 0 Å². The van der Waals surface area contributed by atoms with Gasteiger partial charge in [-0.25, -0.2) is 0 Å². The third kappa shape index (κ3) is 5.59. The molecule has 0 unspecified atom stereocenters. The van der Waals surface area contributed by atoms with Gasteiger partial charge in [-0.15, -0.1) is 0 Å². The van der Waals surface area contributed by atoms with E-state index in [9.17, 15) is 4.79 Å². The number of nitrogens with one attached hydrogen (secondary N) is 1. The SMILES string of the molecule is CC[C@H](NC(=O)[C@@H](C)Oc1ccc(C(C)(C)C)cc1)c1ccc(C)c(C)c1. The minimum Gasteiger partial charge on any atom is -0.481 e. The zero-order valence-electron chi connectivity index (χ0n) is 17.7. The maximum atomic E-state index is 12.6. The predicted octanol–water partition coefficient (Wildman–Crippen LogP) is 5.64. The number of aryl methyl sites for hydroxylation is 2. The molecule has 0 bridgehead atoms. The molecule has 2 rings (SSSR count). The summed E-state index contributed by atoms with van der Waals surface area (Å²) in [4.78, 5) is 12.6. The average molecular weight is 368 g/mol. The lowest BCUT2D eigenvalue weighted by molar-refractivity contribution is -0.128. The van der Waals surface area contributed by atoms with Crippen molar-refractivity contribution in [1.29, 1.82) is 0 Å². The predicted molar refractivity (Wildman–Crippen MR) is 112 cm³/mol. The van der Waals surface area contributed by atoms with Gasteiger partial charge in [-0.05, 0) is 67.0 Å². The summed E-state index contributed by atoms with van der Waals surface area (Å²) in [6.07, 6.45) is 0.285. The Morgan fingerprint density at radius 3 is 2.19 bits per heavy atom. The molecule has 0 saturated heterocycles. The number of benzene rings is 2. The zero-order valence-corrected chi connectivity index (χ0v) is 17.7. The number of ether oxygens (including phenoxy) is 1. The summed E-state index contributed by atoms with van der Waals surface area (Å²) in [5.41, 5.74) is 4.98. The first-order valence-electron chi connectivity index (χ1n) is 9.76. The second-order valence-electron chi connectivity index (χ2n) is 8.35. The highest BCUT2D eigenvalue weighted by Crippen LogP contribution is 2.25. The third-order valence-corrected chi connectivity index (χ3v) is 5.06. The smallest absolute Gasteiger partial charge is 0.261 e. The highest BCUT2D eigenvalue weighted by molar-refractivity contribution is 5.81. The molecule has 146 valence electrons. The van der Waals surface area contributed by atoms with Gasteiger partial charge in [-0.3, -0.25) is 4.79 Å². The summed E-state index contributed by atoms with van der Waals surface area (Å²) >= 11 is 0. The van der Waals surface area contributed by atoms with Crippen LogP contribution in [0.3, 0.4) is 0 Å². The molecular weight excluding hydrogens is 334 g/mol. The molecule has 0 aliphatic carbocycles. The standard InChI is InChI=1S/C24H33NO2/c1-8-22(19-10-9-16(2)17(3)15-19)25-23(26)18(4)27-21-13-11-20(12-14-21)24(5,6)7/h9-15,18,22H,8H2,1-7H3,(H,25,26)/t18-,22+/m1/s1. The molecule has 3 heteroatoms. The van der Waals surface area contributed by atoms with E-state index in [1.165, 1.54) is 16.7 Å². The molecule has 1 N–H and O–H groups in total. The van der Waals surface area contributed by atoms with E-state index >= 15 is 0 Å². The molecule has 0 fully saturated rings. The lowest BCUT2D eigenvalue weighted by atomic mass is 9.87. The normalized spacial score (nSPS) is 13.7. The van der Waals surface area contributed by atoms with Crippen LogP contribution in [0.5, 0.6) is 5.75 Å². The van der Waals surface area contributed by atoms with Crippen LogP contribution in [0, 0.1) is 13.8 Å². The Labute approximate surface area is 164 Å². The highest BCUT2D eigenvalue weighted by Gasteiger charge is 2.20. The van der Waals surface area contributed by atoms with Crippen LogP contribution in [0.4, 0.5) is 0 Å². The van der Waals surface area contributed by atoms with Crippen LogP contribution in [0.15, 0.2) is 42.5 Å². The van der Waals surface area contributed by atoms with Crippen molar-refractivity contribution in [2.24, 2.45) is 0 Å². The third-order valence-electron chi connectivity index (χ3n) is 5.06. The van der Waals surface area contributed by atoms with Gasteiger partial charge >= 0.3 is 0 Å². The molecular formula is C24H33NO2. The summed E-state index contributed by atoms with van der Waals surface area (Å²) in [6.45, 7) is 14.6. The summed E-state index contributed by atoms with van der Waals surface area (Å²) in [7, 11) is 0. The van der Waals surface area contributed by atoms with Crippen LogP contribution in [0.1, 0.15) is 69.3 Å². The summed E-state index contributed by atoms with van der Waals surface area (Å²) in [5.74, 6) is 0.616. The van der Waals surface area contributed by atoms with Crippen LogP contribution in [-0.2, 0) is 10.2 Å². The second-order valence-corrected chi connectivity index (χ2v) is 8.35. The van der Waals surface area contributed by atoms with Gasteiger partial charge in [0.15, 0.2) is 6.10 Å². The van der Waals surface area contributed by atoms with Crippen molar-refractivity contribution in [3.8, 4) is 5.75 Å². The van der Waals surface area contributed by atoms with Crippen molar-refractivity contribution in [2.75, 3.05) is 0 Å². The molecule has 0 aliphatic rings. The number of rotatable bonds is 6.